The van der Waals surface area contributed by atoms with E-state index < -0.39 is 5.60 Å². The molecule has 0 aromatic heterocycles. The monoisotopic (exact) mass is 271 g/mol. The zero-order valence-electron chi connectivity index (χ0n) is 12.1. The van der Waals surface area contributed by atoms with Gasteiger partial charge in [0.05, 0.1) is 19.3 Å². The lowest BCUT2D eigenvalue weighted by atomic mass is 9.77. The molecule has 1 amide bonds. The van der Waals surface area contributed by atoms with Crippen molar-refractivity contribution in [2.24, 2.45) is 5.41 Å². The minimum atomic E-state index is -0.440. The van der Waals surface area contributed by atoms with Crippen LogP contribution in [0, 0.1) is 5.41 Å². The summed E-state index contributed by atoms with van der Waals surface area (Å²) in [7, 11) is 0. The quantitative estimate of drug-likeness (QED) is 0.790. The van der Waals surface area contributed by atoms with E-state index in [1.54, 1.807) is 4.90 Å². The molecule has 2 fully saturated rings. The maximum absolute atomic E-state index is 12.0. The molecule has 0 saturated carbocycles. The molecule has 2 saturated heterocycles. The van der Waals surface area contributed by atoms with E-state index in [9.17, 15) is 4.79 Å². The summed E-state index contributed by atoms with van der Waals surface area (Å²) < 4.78 is 11.0. The highest BCUT2D eigenvalue weighted by Crippen LogP contribution is 2.41. The van der Waals surface area contributed by atoms with E-state index in [0.717, 1.165) is 32.4 Å². The molecule has 5 heteroatoms. The van der Waals surface area contributed by atoms with E-state index in [-0.39, 0.29) is 24.2 Å². The Labute approximate surface area is 114 Å². The smallest absolute Gasteiger partial charge is 0.410 e. The predicted octanol–water partition coefficient (Wildman–Crippen LogP) is 1.78. The second kappa shape index (κ2) is 5.29. The molecule has 2 aliphatic heterocycles. The number of carbonyl (C=O) groups excluding carboxylic acids is 1. The SMILES string of the molecule is CC(C)(C)OC(=O)N1CCC2(CC1)CO[C@@H](CO)C2. The van der Waals surface area contributed by atoms with Crippen molar-refractivity contribution in [3.05, 3.63) is 0 Å². The van der Waals surface area contributed by atoms with Crippen molar-refractivity contribution in [1.29, 1.82) is 0 Å². The van der Waals surface area contributed by atoms with Gasteiger partial charge < -0.3 is 19.5 Å². The van der Waals surface area contributed by atoms with Crippen molar-refractivity contribution in [2.45, 2.75) is 51.7 Å². The second-order valence-electron chi connectivity index (χ2n) is 6.79. The van der Waals surface area contributed by atoms with Crippen LogP contribution in [0.2, 0.25) is 0 Å². The maximum Gasteiger partial charge on any atom is 0.410 e. The minimum absolute atomic E-state index is 0.0203. The topological polar surface area (TPSA) is 59.0 Å². The Kier molecular flexibility index (Phi) is 4.06. The van der Waals surface area contributed by atoms with Gasteiger partial charge in [-0.25, -0.2) is 4.79 Å². The van der Waals surface area contributed by atoms with Gasteiger partial charge in [0, 0.05) is 13.1 Å². The number of hydrogen-bond acceptors (Lipinski definition) is 4. The molecule has 2 heterocycles. The number of rotatable bonds is 1. The maximum atomic E-state index is 12.0. The Morgan fingerprint density at radius 3 is 2.53 bits per heavy atom. The summed E-state index contributed by atoms with van der Waals surface area (Å²) in [5.41, 5.74) is -0.281. The van der Waals surface area contributed by atoms with Crippen molar-refractivity contribution in [3.8, 4) is 0 Å². The molecule has 0 unspecified atom stereocenters. The zero-order valence-corrected chi connectivity index (χ0v) is 12.1. The van der Waals surface area contributed by atoms with Crippen LogP contribution in [-0.2, 0) is 9.47 Å². The van der Waals surface area contributed by atoms with E-state index >= 15 is 0 Å². The fourth-order valence-corrected chi connectivity index (χ4v) is 2.85. The largest absolute Gasteiger partial charge is 0.444 e. The van der Waals surface area contributed by atoms with Crippen LogP contribution in [0.3, 0.4) is 0 Å². The lowest BCUT2D eigenvalue weighted by Crippen LogP contribution is -2.45. The first-order valence-electron chi connectivity index (χ1n) is 7.04. The lowest BCUT2D eigenvalue weighted by molar-refractivity contribution is 0.00710. The Morgan fingerprint density at radius 1 is 1.42 bits per heavy atom. The van der Waals surface area contributed by atoms with Gasteiger partial charge in [-0.05, 0) is 45.4 Å². The average Bonchev–Trinajstić information content (AvgIpc) is 2.71. The van der Waals surface area contributed by atoms with Gasteiger partial charge in [-0.3, -0.25) is 0 Å². The fourth-order valence-electron chi connectivity index (χ4n) is 2.85. The summed E-state index contributed by atoms with van der Waals surface area (Å²) in [6.07, 6.45) is 2.53. The highest BCUT2D eigenvalue weighted by Gasteiger charge is 2.43. The first kappa shape index (κ1) is 14.6. The molecule has 0 radical (unpaired) electrons. The molecular formula is C14H25NO4. The minimum Gasteiger partial charge on any atom is -0.444 e. The number of hydrogen-bond donors (Lipinski definition) is 1. The molecule has 2 aliphatic rings. The fraction of sp³-hybridized carbons (Fsp3) is 0.929. The highest BCUT2D eigenvalue weighted by atomic mass is 16.6. The van der Waals surface area contributed by atoms with Crippen molar-refractivity contribution in [2.75, 3.05) is 26.3 Å². The van der Waals surface area contributed by atoms with Crippen LogP contribution in [-0.4, -0.2) is 54.1 Å². The molecule has 110 valence electrons. The van der Waals surface area contributed by atoms with Crippen LogP contribution < -0.4 is 0 Å². The van der Waals surface area contributed by atoms with Crippen LogP contribution in [0.4, 0.5) is 4.79 Å². The Hall–Kier alpha value is -0.810. The number of aliphatic hydroxyl groups excluding tert-OH is 1. The second-order valence-corrected chi connectivity index (χ2v) is 6.79. The molecule has 2 rings (SSSR count). The Morgan fingerprint density at radius 2 is 2.05 bits per heavy atom. The van der Waals surface area contributed by atoms with Gasteiger partial charge in [0.1, 0.15) is 5.60 Å². The van der Waals surface area contributed by atoms with Crippen LogP contribution >= 0.6 is 0 Å². The third kappa shape index (κ3) is 3.60. The van der Waals surface area contributed by atoms with Gasteiger partial charge in [0.2, 0.25) is 0 Å². The first-order chi connectivity index (χ1) is 8.84. The standard InChI is InChI=1S/C14H25NO4/c1-13(2,3)19-12(17)15-6-4-14(5-7-15)8-11(9-16)18-10-14/h11,16H,4-10H2,1-3H3/t11-/m1/s1. The van der Waals surface area contributed by atoms with Crippen molar-refractivity contribution >= 4 is 6.09 Å². The molecule has 1 atom stereocenters. The highest BCUT2D eigenvalue weighted by molar-refractivity contribution is 5.68. The number of ether oxygens (including phenoxy) is 2. The van der Waals surface area contributed by atoms with Gasteiger partial charge in [0.15, 0.2) is 0 Å². The summed E-state index contributed by atoms with van der Waals surface area (Å²) in [5, 5.41) is 9.14. The molecule has 0 aliphatic carbocycles. The lowest BCUT2D eigenvalue weighted by Gasteiger charge is -2.38. The number of aliphatic hydroxyl groups is 1. The number of carbonyl (C=O) groups is 1. The van der Waals surface area contributed by atoms with Gasteiger partial charge in [-0.1, -0.05) is 0 Å². The molecule has 1 spiro atoms. The Bertz CT molecular complexity index is 329. The molecule has 19 heavy (non-hydrogen) atoms. The van der Waals surface area contributed by atoms with Gasteiger partial charge in [-0.2, -0.15) is 0 Å². The van der Waals surface area contributed by atoms with E-state index in [2.05, 4.69) is 0 Å². The van der Waals surface area contributed by atoms with E-state index in [1.165, 1.54) is 0 Å². The molecule has 0 aromatic rings. The zero-order chi connectivity index (χ0) is 14.1. The van der Waals surface area contributed by atoms with E-state index in [1.807, 2.05) is 20.8 Å². The molecule has 5 nitrogen and oxygen atoms in total. The summed E-state index contributed by atoms with van der Waals surface area (Å²) in [4.78, 5) is 13.8. The predicted molar refractivity (Wildman–Crippen MR) is 70.9 cm³/mol. The van der Waals surface area contributed by atoms with Crippen molar-refractivity contribution < 1.29 is 19.4 Å². The van der Waals surface area contributed by atoms with Crippen LogP contribution in [0.15, 0.2) is 0 Å². The third-order valence-corrected chi connectivity index (χ3v) is 3.97. The number of amides is 1. The molecular weight excluding hydrogens is 246 g/mol. The normalized spacial score (nSPS) is 26.7. The van der Waals surface area contributed by atoms with Gasteiger partial charge in [0.25, 0.3) is 0 Å². The summed E-state index contributed by atoms with van der Waals surface area (Å²) in [6.45, 7) is 7.89. The van der Waals surface area contributed by atoms with Gasteiger partial charge in [-0.15, -0.1) is 0 Å². The summed E-state index contributed by atoms with van der Waals surface area (Å²) in [5.74, 6) is 0. The summed E-state index contributed by atoms with van der Waals surface area (Å²) in [6, 6.07) is 0. The average molecular weight is 271 g/mol. The van der Waals surface area contributed by atoms with Crippen LogP contribution in [0.1, 0.15) is 40.0 Å². The number of piperidine rings is 1. The molecule has 0 bridgehead atoms. The Balaban J connectivity index is 1.84. The van der Waals surface area contributed by atoms with E-state index in [4.69, 9.17) is 14.6 Å². The van der Waals surface area contributed by atoms with Gasteiger partial charge >= 0.3 is 6.09 Å². The summed E-state index contributed by atoms with van der Waals surface area (Å²) >= 11 is 0. The van der Waals surface area contributed by atoms with Crippen LogP contribution in [0.5, 0.6) is 0 Å². The van der Waals surface area contributed by atoms with Crippen molar-refractivity contribution in [3.63, 3.8) is 0 Å². The number of nitrogens with zero attached hydrogens (tertiary/aromatic N) is 1. The third-order valence-electron chi connectivity index (χ3n) is 3.97. The molecule has 0 aromatic carbocycles. The number of likely N-dealkylation sites (tertiary alicyclic amines) is 1. The first-order valence-corrected chi connectivity index (χ1v) is 7.04. The van der Waals surface area contributed by atoms with Crippen LogP contribution in [0.25, 0.3) is 0 Å². The molecule has 1 N–H and O–H groups in total. The van der Waals surface area contributed by atoms with E-state index in [0.29, 0.717) is 6.61 Å². The van der Waals surface area contributed by atoms with Crippen molar-refractivity contribution in [1.82, 2.24) is 4.90 Å².